The Morgan fingerprint density at radius 3 is 2.73 bits per heavy atom. The summed E-state index contributed by atoms with van der Waals surface area (Å²) in [5.74, 6) is 1.60. The van der Waals surface area contributed by atoms with Crippen LogP contribution in [0.25, 0.3) is 11.5 Å². The molecule has 0 atom stereocenters. The SMILES string of the molecule is CNCCC1CCN(Cc2coc(-c3ccccc3)n2)CC1. The van der Waals surface area contributed by atoms with E-state index in [1.807, 2.05) is 37.4 Å². The van der Waals surface area contributed by atoms with E-state index in [9.17, 15) is 0 Å². The Morgan fingerprint density at radius 1 is 1.23 bits per heavy atom. The summed E-state index contributed by atoms with van der Waals surface area (Å²) in [5.41, 5.74) is 2.08. The van der Waals surface area contributed by atoms with Crippen molar-refractivity contribution in [2.24, 2.45) is 5.92 Å². The fourth-order valence-corrected chi connectivity index (χ4v) is 3.10. The van der Waals surface area contributed by atoms with Crippen LogP contribution in [0.1, 0.15) is 25.0 Å². The lowest BCUT2D eigenvalue weighted by atomic mass is 9.93. The first-order valence-electron chi connectivity index (χ1n) is 8.22. The van der Waals surface area contributed by atoms with E-state index >= 15 is 0 Å². The third-order valence-corrected chi connectivity index (χ3v) is 4.47. The Labute approximate surface area is 132 Å². The lowest BCUT2D eigenvalue weighted by Crippen LogP contribution is -2.34. The van der Waals surface area contributed by atoms with Gasteiger partial charge in [0, 0.05) is 12.1 Å². The molecule has 4 heteroatoms. The van der Waals surface area contributed by atoms with Crippen LogP contribution < -0.4 is 5.32 Å². The molecule has 2 aromatic rings. The highest BCUT2D eigenvalue weighted by atomic mass is 16.3. The molecule has 2 heterocycles. The van der Waals surface area contributed by atoms with Crippen LogP contribution in [0.2, 0.25) is 0 Å². The highest BCUT2D eigenvalue weighted by Gasteiger charge is 2.19. The van der Waals surface area contributed by atoms with Crippen LogP contribution in [0.3, 0.4) is 0 Å². The molecule has 1 saturated heterocycles. The number of likely N-dealkylation sites (tertiary alicyclic amines) is 1. The molecule has 0 unspecified atom stereocenters. The van der Waals surface area contributed by atoms with Crippen molar-refractivity contribution in [2.75, 3.05) is 26.7 Å². The molecule has 118 valence electrons. The number of benzene rings is 1. The number of nitrogens with one attached hydrogen (secondary N) is 1. The van der Waals surface area contributed by atoms with Crippen molar-refractivity contribution in [1.29, 1.82) is 0 Å². The van der Waals surface area contributed by atoms with Crippen LogP contribution in [0.15, 0.2) is 41.0 Å². The Kier molecular flexibility index (Phi) is 5.24. The lowest BCUT2D eigenvalue weighted by Gasteiger charge is -2.31. The summed E-state index contributed by atoms with van der Waals surface area (Å²) < 4.78 is 5.62. The maximum absolute atomic E-state index is 5.62. The molecule has 22 heavy (non-hydrogen) atoms. The zero-order chi connectivity index (χ0) is 15.2. The minimum absolute atomic E-state index is 0.722. The summed E-state index contributed by atoms with van der Waals surface area (Å²) in [6.45, 7) is 4.37. The standard InChI is InChI=1S/C18H25N3O/c1-19-10-7-15-8-11-21(12-9-15)13-17-14-22-18(20-17)16-5-3-2-4-6-16/h2-6,14-15,19H,7-13H2,1H3. The van der Waals surface area contributed by atoms with Gasteiger partial charge in [0.2, 0.25) is 5.89 Å². The molecular weight excluding hydrogens is 274 g/mol. The monoisotopic (exact) mass is 299 g/mol. The summed E-state index contributed by atoms with van der Waals surface area (Å²) in [7, 11) is 2.03. The maximum atomic E-state index is 5.62. The van der Waals surface area contributed by atoms with E-state index in [0.717, 1.165) is 36.2 Å². The second-order valence-electron chi connectivity index (χ2n) is 6.12. The van der Waals surface area contributed by atoms with E-state index in [1.54, 1.807) is 6.26 Å². The van der Waals surface area contributed by atoms with Crippen molar-refractivity contribution in [1.82, 2.24) is 15.2 Å². The molecule has 1 N–H and O–H groups in total. The van der Waals surface area contributed by atoms with Crippen molar-refractivity contribution in [2.45, 2.75) is 25.8 Å². The molecule has 0 spiro atoms. The number of aromatic nitrogens is 1. The summed E-state index contributed by atoms with van der Waals surface area (Å²) in [4.78, 5) is 7.11. The van der Waals surface area contributed by atoms with Crippen molar-refractivity contribution >= 4 is 0 Å². The van der Waals surface area contributed by atoms with E-state index in [0.29, 0.717) is 0 Å². The number of piperidine rings is 1. The topological polar surface area (TPSA) is 41.3 Å². The van der Waals surface area contributed by atoms with E-state index < -0.39 is 0 Å². The highest BCUT2D eigenvalue weighted by Crippen LogP contribution is 2.23. The number of nitrogens with zero attached hydrogens (tertiary/aromatic N) is 2. The molecule has 1 fully saturated rings. The molecule has 1 aromatic heterocycles. The second kappa shape index (κ2) is 7.56. The van der Waals surface area contributed by atoms with Crippen LogP contribution in [-0.2, 0) is 6.54 Å². The molecule has 1 aromatic carbocycles. The quantitative estimate of drug-likeness (QED) is 0.889. The third-order valence-electron chi connectivity index (χ3n) is 4.47. The first-order chi connectivity index (χ1) is 10.8. The van der Waals surface area contributed by atoms with Crippen LogP contribution in [0.4, 0.5) is 0 Å². The Hall–Kier alpha value is -1.65. The summed E-state index contributed by atoms with van der Waals surface area (Å²) in [6.07, 6.45) is 5.69. The molecule has 1 aliphatic rings. The fourth-order valence-electron chi connectivity index (χ4n) is 3.10. The van der Waals surface area contributed by atoms with Gasteiger partial charge in [0.25, 0.3) is 0 Å². The maximum Gasteiger partial charge on any atom is 0.226 e. The minimum Gasteiger partial charge on any atom is -0.444 e. The van der Waals surface area contributed by atoms with Crippen LogP contribution in [0, 0.1) is 5.92 Å². The first-order valence-corrected chi connectivity index (χ1v) is 8.22. The van der Waals surface area contributed by atoms with Crippen LogP contribution >= 0.6 is 0 Å². The number of hydrogen-bond acceptors (Lipinski definition) is 4. The van der Waals surface area contributed by atoms with E-state index in [-0.39, 0.29) is 0 Å². The van der Waals surface area contributed by atoms with Crippen molar-refractivity contribution in [3.63, 3.8) is 0 Å². The number of oxazole rings is 1. The first kappa shape index (κ1) is 15.3. The minimum atomic E-state index is 0.722. The third kappa shape index (κ3) is 3.96. The predicted molar refractivity (Wildman–Crippen MR) is 88.5 cm³/mol. The molecule has 0 saturated carbocycles. The zero-order valence-corrected chi connectivity index (χ0v) is 13.3. The van der Waals surface area contributed by atoms with Gasteiger partial charge in [-0.2, -0.15) is 0 Å². The Bertz CT molecular complexity index is 559. The van der Waals surface area contributed by atoms with E-state index in [4.69, 9.17) is 4.42 Å². The average Bonchev–Trinajstić information content (AvgIpc) is 3.04. The summed E-state index contributed by atoms with van der Waals surface area (Å²) in [6, 6.07) is 10.1. The molecule has 0 aliphatic carbocycles. The van der Waals surface area contributed by atoms with Gasteiger partial charge in [-0.3, -0.25) is 4.90 Å². The second-order valence-corrected chi connectivity index (χ2v) is 6.12. The lowest BCUT2D eigenvalue weighted by molar-refractivity contribution is 0.170. The van der Waals surface area contributed by atoms with Gasteiger partial charge < -0.3 is 9.73 Å². The van der Waals surface area contributed by atoms with Crippen LogP contribution in [-0.4, -0.2) is 36.6 Å². The largest absolute Gasteiger partial charge is 0.444 e. The van der Waals surface area contributed by atoms with Gasteiger partial charge in [0.05, 0.1) is 5.69 Å². The smallest absolute Gasteiger partial charge is 0.226 e. The van der Waals surface area contributed by atoms with Crippen molar-refractivity contribution in [3.05, 3.63) is 42.3 Å². The van der Waals surface area contributed by atoms with Gasteiger partial charge in [-0.05, 0) is 64.0 Å². The van der Waals surface area contributed by atoms with Crippen molar-refractivity contribution < 1.29 is 4.42 Å². The molecule has 0 amide bonds. The zero-order valence-electron chi connectivity index (χ0n) is 13.3. The molecule has 4 nitrogen and oxygen atoms in total. The molecular formula is C18H25N3O. The summed E-state index contributed by atoms with van der Waals surface area (Å²) >= 11 is 0. The van der Waals surface area contributed by atoms with E-state index in [2.05, 4.69) is 15.2 Å². The van der Waals surface area contributed by atoms with Gasteiger partial charge in [-0.15, -0.1) is 0 Å². The predicted octanol–water partition coefficient (Wildman–Crippen LogP) is 3.16. The highest BCUT2D eigenvalue weighted by molar-refractivity contribution is 5.52. The van der Waals surface area contributed by atoms with Gasteiger partial charge in [-0.25, -0.2) is 4.98 Å². The van der Waals surface area contributed by atoms with Gasteiger partial charge in [-0.1, -0.05) is 18.2 Å². The molecule has 0 bridgehead atoms. The molecule has 0 radical (unpaired) electrons. The summed E-state index contributed by atoms with van der Waals surface area (Å²) in [5, 5.41) is 3.25. The number of rotatable bonds is 6. The van der Waals surface area contributed by atoms with Gasteiger partial charge >= 0.3 is 0 Å². The van der Waals surface area contributed by atoms with Gasteiger partial charge in [0.15, 0.2) is 0 Å². The van der Waals surface area contributed by atoms with Crippen LogP contribution in [0.5, 0.6) is 0 Å². The van der Waals surface area contributed by atoms with Gasteiger partial charge in [0.1, 0.15) is 6.26 Å². The Balaban J connectivity index is 1.51. The average molecular weight is 299 g/mol. The number of hydrogen-bond donors (Lipinski definition) is 1. The molecule has 1 aliphatic heterocycles. The normalized spacial score (nSPS) is 17.0. The van der Waals surface area contributed by atoms with Crippen molar-refractivity contribution in [3.8, 4) is 11.5 Å². The van der Waals surface area contributed by atoms with E-state index in [1.165, 1.54) is 32.4 Å². The fraction of sp³-hybridized carbons (Fsp3) is 0.500. The Morgan fingerprint density at radius 2 is 2.00 bits per heavy atom. The molecule has 3 rings (SSSR count).